The van der Waals surface area contributed by atoms with E-state index in [1.165, 1.54) is 0 Å². The quantitative estimate of drug-likeness (QED) is 0.393. The number of carboxylic acids is 2. The summed E-state index contributed by atoms with van der Waals surface area (Å²) in [6.07, 6.45) is 1.58. The van der Waals surface area contributed by atoms with E-state index in [0.717, 1.165) is 6.42 Å². The molecule has 17 heavy (non-hydrogen) atoms. The average molecular weight is 248 g/mol. The molecule has 2 N–H and O–H groups in total. The van der Waals surface area contributed by atoms with Gasteiger partial charge in [0.05, 0.1) is 0 Å². The Hall–Kier alpha value is 0.537. The summed E-state index contributed by atoms with van der Waals surface area (Å²) in [5.74, 6) is -2.48. The molecule has 0 aliphatic rings. The first-order chi connectivity index (χ1) is 6.70. The van der Waals surface area contributed by atoms with Crippen molar-refractivity contribution >= 4 is 11.9 Å². The summed E-state index contributed by atoms with van der Waals surface area (Å²) in [5, 5.41) is 18.4. The van der Waals surface area contributed by atoms with Crippen LogP contribution >= 0.6 is 0 Å². The second kappa shape index (κ2) is 8.61. The van der Waals surface area contributed by atoms with E-state index in [1.807, 2.05) is 6.92 Å². The number of carbonyl (C=O) groups is 2. The molecule has 0 heterocycles. The molecular weight excluding hydrogens is 226 g/mol. The van der Waals surface area contributed by atoms with Gasteiger partial charge in [-0.3, -0.25) is 9.59 Å². The van der Waals surface area contributed by atoms with Gasteiger partial charge >= 0.3 is 60.4 Å². The van der Waals surface area contributed by atoms with Crippen LogP contribution in [0.25, 0.3) is 0 Å². The first-order valence-corrected chi connectivity index (χ1v) is 5.17. The topological polar surface area (TPSA) is 74.6 Å². The van der Waals surface area contributed by atoms with Crippen molar-refractivity contribution < 1.29 is 71.1 Å². The van der Waals surface area contributed by atoms with Crippen LogP contribution in [0.4, 0.5) is 0 Å². The van der Waals surface area contributed by atoms with Gasteiger partial charge in [-0.15, -0.1) is 0 Å². The van der Waals surface area contributed by atoms with Crippen molar-refractivity contribution in [3.63, 3.8) is 0 Å². The second-order valence-corrected chi connectivity index (χ2v) is 4.87. The van der Waals surface area contributed by atoms with Gasteiger partial charge in [0.15, 0.2) is 5.41 Å². The van der Waals surface area contributed by atoms with E-state index in [-0.39, 0.29) is 57.7 Å². The van der Waals surface area contributed by atoms with Gasteiger partial charge in [0.25, 0.3) is 0 Å². The monoisotopic (exact) mass is 248 g/mol. The van der Waals surface area contributed by atoms with E-state index >= 15 is 0 Å². The summed E-state index contributed by atoms with van der Waals surface area (Å²) in [6, 6.07) is 0. The van der Waals surface area contributed by atoms with Gasteiger partial charge in [-0.1, -0.05) is 40.5 Å². The van der Waals surface area contributed by atoms with Crippen LogP contribution in [0.2, 0.25) is 0 Å². The molecule has 0 radical (unpaired) electrons. The second-order valence-electron chi connectivity index (χ2n) is 4.87. The minimum absolute atomic E-state index is 0. The number of hydrogen-bond acceptors (Lipinski definition) is 2. The van der Waals surface area contributed by atoms with Crippen LogP contribution in [0.15, 0.2) is 0 Å². The van der Waals surface area contributed by atoms with Gasteiger partial charge in [0.1, 0.15) is 0 Å². The minimum Gasteiger partial charge on any atom is -1.00 e. The molecule has 0 amide bonds. The van der Waals surface area contributed by atoms with Crippen LogP contribution in [0, 0.1) is 10.8 Å². The normalized spacial score (nSPS) is 11.1. The number of unbranched alkanes of at least 4 members (excludes halogenated alkanes) is 1. The van der Waals surface area contributed by atoms with Crippen molar-refractivity contribution in [2.75, 3.05) is 0 Å². The maximum absolute atomic E-state index is 11.2. The largest absolute Gasteiger partial charge is 1.00 e. The summed E-state index contributed by atoms with van der Waals surface area (Å²) in [5.41, 5.74) is -2.47. The Kier molecular flexibility index (Phi) is 11.5. The van der Waals surface area contributed by atoms with Crippen LogP contribution in [0.5, 0.6) is 0 Å². The molecule has 0 unspecified atom stereocenters. The zero-order valence-electron chi connectivity index (χ0n) is 13.8. The first kappa shape index (κ1) is 22.7. The summed E-state index contributed by atoms with van der Waals surface area (Å²) in [6.45, 7) is 6.89. The standard InChI is InChI=1S/C11H20O4.Li.Na.2H/c1-5-6-7-11(8(12)13,9(14)15)10(2,3)4;;;;/h5-7H2,1-4H3,(H,12,13)(H,14,15);;;;/q;2*+1;2*-1. The predicted octanol–water partition coefficient (Wildman–Crippen LogP) is -3.39. The predicted molar refractivity (Wildman–Crippen MR) is 58.9 cm³/mol. The van der Waals surface area contributed by atoms with Crippen LogP contribution < -0.4 is 48.4 Å². The number of rotatable bonds is 5. The van der Waals surface area contributed by atoms with Crippen molar-refractivity contribution in [1.82, 2.24) is 0 Å². The maximum Gasteiger partial charge on any atom is 1.00 e. The van der Waals surface area contributed by atoms with Crippen LogP contribution in [-0.4, -0.2) is 22.2 Å². The fourth-order valence-electron chi connectivity index (χ4n) is 1.76. The van der Waals surface area contributed by atoms with Gasteiger partial charge in [-0.25, -0.2) is 0 Å². The Morgan fingerprint density at radius 1 is 1.12 bits per heavy atom. The van der Waals surface area contributed by atoms with Crippen molar-refractivity contribution in [3.05, 3.63) is 0 Å². The Morgan fingerprint density at radius 3 is 1.65 bits per heavy atom. The van der Waals surface area contributed by atoms with Crippen molar-refractivity contribution in [2.45, 2.75) is 47.0 Å². The van der Waals surface area contributed by atoms with E-state index < -0.39 is 22.8 Å². The Balaban J connectivity index is -0.000000163. The molecule has 6 heteroatoms. The average Bonchev–Trinajstić information content (AvgIpc) is 2.01. The molecule has 0 saturated heterocycles. The fourth-order valence-corrected chi connectivity index (χ4v) is 1.76. The molecule has 0 aliphatic heterocycles. The number of carboxylic acid groups (broad SMARTS) is 2. The Morgan fingerprint density at radius 2 is 1.47 bits per heavy atom. The van der Waals surface area contributed by atoms with Gasteiger partial charge in [0, 0.05) is 0 Å². The Labute approximate surface area is 140 Å². The molecule has 0 aromatic rings. The molecule has 0 aromatic carbocycles. The molecular formula is C11H22LiNaO4. The van der Waals surface area contributed by atoms with Gasteiger partial charge in [-0.05, 0) is 11.8 Å². The molecule has 0 aliphatic carbocycles. The molecule has 4 nitrogen and oxygen atoms in total. The van der Waals surface area contributed by atoms with E-state index in [4.69, 9.17) is 0 Å². The molecule has 0 rings (SSSR count). The third-order valence-electron chi connectivity index (χ3n) is 2.92. The molecule has 0 saturated carbocycles. The molecule has 0 aromatic heterocycles. The first-order valence-electron chi connectivity index (χ1n) is 5.17. The van der Waals surface area contributed by atoms with Gasteiger partial charge in [0.2, 0.25) is 0 Å². The summed E-state index contributed by atoms with van der Waals surface area (Å²) >= 11 is 0. The Bertz CT molecular complexity index is 256. The maximum atomic E-state index is 11.2. The van der Waals surface area contributed by atoms with Gasteiger partial charge < -0.3 is 13.1 Å². The van der Waals surface area contributed by atoms with E-state index in [9.17, 15) is 19.8 Å². The van der Waals surface area contributed by atoms with Crippen LogP contribution in [0.1, 0.15) is 49.8 Å². The molecule has 0 bridgehead atoms. The van der Waals surface area contributed by atoms with E-state index in [1.54, 1.807) is 20.8 Å². The zero-order chi connectivity index (χ0) is 12.3. The summed E-state index contributed by atoms with van der Waals surface area (Å²) < 4.78 is 0. The van der Waals surface area contributed by atoms with Crippen LogP contribution in [-0.2, 0) is 9.59 Å². The van der Waals surface area contributed by atoms with Crippen molar-refractivity contribution in [2.24, 2.45) is 10.8 Å². The minimum atomic E-state index is -1.68. The van der Waals surface area contributed by atoms with E-state index in [2.05, 4.69) is 0 Å². The fraction of sp³-hybridized carbons (Fsp3) is 0.818. The molecule has 0 atom stereocenters. The summed E-state index contributed by atoms with van der Waals surface area (Å²) in [4.78, 5) is 22.5. The smallest absolute Gasteiger partial charge is 1.00 e. The molecule has 0 fully saturated rings. The third-order valence-corrected chi connectivity index (χ3v) is 2.92. The molecule has 92 valence electrons. The molecule has 0 spiro atoms. The number of hydrogen-bond donors (Lipinski definition) is 2. The van der Waals surface area contributed by atoms with Crippen molar-refractivity contribution in [3.8, 4) is 0 Å². The van der Waals surface area contributed by atoms with Crippen molar-refractivity contribution in [1.29, 1.82) is 0 Å². The summed E-state index contributed by atoms with van der Waals surface area (Å²) in [7, 11) is 0. The van der Waals surface area contributed by atoms with Gasteiger partial charge in [-0.2, -0.15) is 0 Å². The number of aliphatic carboxylic acids is 2. The zero-order valence-corrected chi connectivity index (χ0v) is 13.8. The SMILES string of the molecule is CCCCC(C(=O)O)(C(=O)O)C(C)(C)C.[H-].[H-].[Li+].[Na+]. The van der Waals surface area contributed by atoms with Crippen LogP contribution in [0.3, 0.4) is 0 Å². The third kappa shape index (κ3) is 4.96. The van der Waals surface area contributed by atoms with E-state index in [0.29, 0.717) is 6.42 Å².